The Bertz CT molecular complexity index is 476. The van der Waals surface area contributed by atoms with E-state index in [4.69, 9.17) is 0 Å². The first-order valence-electron chi connectivity index (χ1n) is 4.07. The first kappa shape index (κ1) is 9.13. The zero-order valence-electron chi connectivity index (χ0n) is 7.21. The Balaban J connectivity index is 2.59. The summed E-state index contributed by atoms with van der Waals surface area (Å²) in [6, 6.07) is 12.8. The van der Waals surface area contributed by atoms with E-state index in [-0.39, 0.29) is 0 Å². The molecule has 0 fully saturated rings. The number of hydrogen-bond acceptors (Lipinski definition) is 3. The molecule has 1 atom stereocenters. The van der Waals surface area contributed by atoms with E-state index < -0.39 is 8.25 Å². The molecule has 0 bridgehead atoms. The largest absolute Gasteiger partial charge is 0.558 e. The molecule has 0 spiro atoms. The van der Waals surface area contributed by atoms with Crippen molar-refractivity contribution in [1.82, 2.24) is 0 Å². The third-order valence-electron chi connectivity index (χ3n) is 1.92. The highest BCUT2D eigenvalue weighted by molar-refractivity contribution is 7.31. The summed E-state index contributed by atoms with van der Waals surface area (Å²) in [5.41, 5.74) is 0. The van der Waals surface area contributed by atoms with Gasteiger partial charge in [0, 0.05) is 5.39 Å². The standard InChI is InChI=1S/C10H7O3P/c11-14(12)13-10-7-3-5-8-4-1-2-6-9(8)10/h1-7H. The van der Waals surface area contributed by atoms with Crippen molar-refractivity contribution in [3.63, 3.8) is 0 Å². The summed E-state index contributed by atoms with van der Waals surface area (Å²) >= 11 is 0. The van der Waals surface area contributed by atoms with Gasteiger partial charge in [0.1, 0.15) is 0 Å². The maximum Gasteiger partial charge on any atom is 0.539 e. The van der Waals surface area contributed by atoms with Crippen LogP contribution in [0.15, 0.2) is 42.5 Å². The average molecular weight is 206 g/mol. The Hall–Kier alpha value is -1.44. The summed E-state index contributed by atoms with van der Waals surface area (Å²) in [6.07, 6.45) is 0. The van der Waals surface area contributed by atoms with Gasteiger partial charge in [-0.15, -0.1) is 0 Å². The van der Waals surface area contributed by atoms with E-state index >= 15 is 0 Å². The van der Waals surface area contributed by atoms with Crippen LogP contribution in [0.2, 0.25) is 0 Å². The summed E-state index contributed by atoms with van der Waals surface area (Å²) in [6.45, 7) is 0. The maximum absolute atomic E-state index is 10.4. The van der Waals surface area contributed by atoms with E-state index in [2.05, 4.69) is 4.52 Å². The molecule has 0 heterocycles. The molecule has 0 aliphatic carbocycles. The highest BCUT2D eigenvalue weighted by Crippen LogP contribution is 2.29. The van der Waals surface area contributed by atoms with Crippen molar-refractivity contribution in [2.24, 2.45) is 0 Å². The Morgan fingerprint density at radius 1 is 1.07 bits per heavy atom. The molecule has 0 radical (unpaired) electrons. The van der Waals surface area contributed by atoms with Crippen LogP contribution in [0.4, 0.5) is 0 Å². The van der Waals surface area contributed by atoms with E-state index in [9.17, 15) is 9.46 Å². The molecule has 2 aromatic rings. The number of hydrogen-bond donors (Lipinski definition) is 0. The van der Waals surface area contributed by atoms with Crippen LogP contribution in [-0.2, 0) is 4.57 Å². The Morgan fingerprint density at radius 3 is 2.57 bits per heavy atom. The highest BCUT2D eigenvalue weighted by atomic mass is 31.1. The Morgan fingerprint density at radius 2 is 1.79 bits per heavy atom. The summed E-state index contributed by atoms with van der Waals surface area (Å²) in [4.78, 5) is 10.4. The van der Waals surface area contributed by atoms with Gasteiger partial charge < -0.3 is 4.89 Å². The van der Waals surface area contributed by atoms with E-state index in [0.29, 0.717) is 5.75 Å². The van der Waals surface area contributed by atoms with Crippen molar-refractivity contribution in [3.8, 4) is 5.75 Å². The second-order valence-electron chi connectivity index (χ2n) is 2.79. The van der Waals surface area contributed by atoms with Crippen molar-refractivity contribution in [2.45, 2.75) is 0 Å². The fourth-order valence-corrected chi connectivity index (χ4v) is 1.68. The maximum atomic E-state index is 10.4. The highest BCUT2D eigenvalue weighted by Gasteiger charge is 2.08. The number of fused-ring (bicyclic) bond motifs is 1. The molecule has 70 valence electrons. The molecule has 3 nitrogen and oxygen atoms in total. The molecular weight excluding hydrogens is 199 g/mol. The Labute approximate surface area is 81.9 Å². The molecule has 1 unspecified atom stereocenters. The van der Waals surface area contributed by atoms with Crippen molar-refractivity contribution >= 4 is 19.0 Å². The molecule has 0 saturated carbocycles. The van der Waals surface area contributed by atoms with Gasteiger partial charge >= 0.3 is 8.25 Å². The lowest BCUT2D eigenvalue weighted by Crippen LogP contribution is -1.93. The predicted molar refractivity (Wildman–Crippen MR) is 52.2 cm³/mol. The van der Waals surface area contributed by atoms with Gasteiger partial charge in [0.05, 0.1) is 0 Å². The lowest BCUT2D eigenvalue weighted by molar-refractivity contribution is -0.178. The van der Waals surface area contributed by atoms with Gasteiger partial charge in [0.15, 0.2) is 5.75 Å². The van der Waals surface area contributed by atoms with Crippen molar-refractivity contribution in [1.29, 1.82) is 0 Å². The predicted octanol–water partition coefficient (Wildman–Crippen LogP) is 2.24. The molecule has 14 heavy (non-hydrogen) atoms. The van der Waals surface area contributed by atoms with Gasteiger partial charge in [-0.1, -0.05) is 36.4 Å². The quantitative estimate of drug-likeness (QED) is 0.708. The third-order valence-corrected chi connectivity index (χ3v) is 2.27. The minimum atomic E-state index is -2.85. The van der Waals surface area contributed by atoms with Crippen LogP contribution in [0.5, 0.6) is 5.75 Å². The summed E-state index contributed by atoms with van der Waals surface area (Å²) in [5, 5.41) is 1.76. The van der Waals surface area contributed by atoms with Crippen LogP contribution < -0.4 is 9.42 Å². The minimum Gasteiger partial charge on any atom is -0.558 e. The second kappa shape index (κ2) is 3.74. The van der Waals surface area contributed by atoms with Crippen LogP contribution in [0.1, 0.15) is 0 Å². The number of benzene rings is 2. The second-order valence-corrected chi connectivity index (χ2v) is 3.42. The minimum absolute atomic E-state index is 0.374. The van der Waals surface area contributed by atoms with Gasteiger partial charge in [-0.3, -0.25) is 4.52 Å². The summed E-state index contributed by atoms with van der Waals surface area (Å²) < 4.78 is 15.1. The normalized spacial score (nSPS) is 11.4. The van der Waals surface area contributed by atoms with Crippen LogP contribution in [0, 0.1) is 0 Å². The lowest BCUT2D eigenvalue weighted by atomic mass is 10.1. The molecule has 4 heteroatoms. The van der Waals surface area contributed by atoms with Crippen molar-refractivity contribution < 1.29 is 14.0 Å². The van der Waals surface area contributed by atoms with Gasteiger partial charge in [-0.2, -0.15) is 0 Å². The summed E-state index contributed by atoms with van der Waals surface area (Å²) in [7, 11) is -2.85. The zero-order valence-corrected chi connectivity index (χ0v) is 8.11. The van der Waals surface area contributed by atoms with Crippen molar-refractivity contribution in [2.75, 3.05) is 0 Å². The smallest absolute Gasteiger partial charge is 0.539 e. The Kier molecular flexibility index (Phi) is 2.44. The molecule has 0 aliphatic heterocycles. The van der Waals surface area contributed by atoms with Crippen LogP contribution in [-0.4, -0.2) is 0 Å². The SMILES string of the molecule is O=[P+]([O-])Oc1cccc2ccccc12. The van der Waals surface area contributed by atoms with Crippen molar-refractivity contribution in [3.05, 3.63) is 42.5 Å². The van der Waals surface area contributed by atoms with Crippen LogP contribution in [0.3, 0.4) is 0 Å². The molecular formula is C10H7O3P. The summed E-state index contributed by atoms with van der Waals surface area (Å²) in [5.74, 6) is 0.374. The van der Waals surface area contributed by atoms with Gasteiger partial charge in [0.25, 0.3) is 0 Å². The molecule has 0 amide bonds. The van der Waals surface area contributed by atoms with Gasteiger partial charge in [0.2, 0.25) is 0 Å². The van der Waals surface area contributed by atoms with E-state index in [0.717, 1.165) is 10.8 Å². The fourth-order valence-electron chi connectivity index (χ4n) is 1.36. The topological polar surface area (TPSA) is 49.4 Å². The molecule has 0 aromatic heterocycles. The van der Waals surface area contributed by atoms with Gasteiger partial charge in [-0.05, 0) is 16.0 Å². The zero-order chi connectivity index (χ0) is 9.97. The average Bonchev–Trinajstić information content (AvgIpc) is 2.18. The number of rotatable bonds is 2. The first-order valence-corrected chi connectivity index (χ1v) is 5.17. The van der Waals surface area contributed by atoms with Crippen LogP contribution >= 0.6 is 8.25 Å². The lowest BCUT2D eigenvalue weighted by Gasteiger charge is -2.00. The molecule has 2 rings (SSSR count). The van der Waals surface area contributed by atoms with Crippen LogP contribution in [0.25, 0.3) is 10.8 Å². The fraction of sp³-hybridized carbons (Fsp3) is 0. The monoisotopic (exact) mass is 206 g/mol. The molecule has 0 N–H and O–H groups in total. The molecule has 2 aromatic carbocycles. The molecule has 0 aliphatic rings. The first-order chi connectivity index (χ1) is 6.77. The van der Waals surface area contributed by atoms with E-state index in [1.807, 2.05) is 30.3 Å². The van der Waals surface area contributed by atoms with E-state index in [1.165, 1.54) is 0 Å². The molecule has 0 saturated heterocycles. The third kappa shape index (κ3) is 1.74. The van der Waals surface area contributed by atoms with Gasteiger partial charge in [-0.25, -0.2) is 0 Å². The van der Waals surface area contributed by atoms with E-state index in [1.54, 1.807) is 12.1 Å².